The van der Waals surface area contributed by atoms with Crippen molar-refractivity contribution in [3.05, 3.63) is 0 Å². The van der Waals surface area contributed by atoms with Gasteiger partial charge in [-0.3, -0.25) is 4.90 Å². The Morgan fingerprint density at radius 1 is 1.18 bits per heavy atom. The van der Waals surface area contributed by atoms with Crippen molar-refractivity contribution < 1.29 is 4.74 Å². The van der Waals surface area contributed by atoms with Crippen LogP contribution in [-0.2, 0) is 4.74 Å². The molecular formula is C14H30N2O. The number of hydrogen-bond donors (Lipinski definition) is 1. The summed E-state index contributed by atoms with van der Waals surface area (Å²) in [4.78, 5) is 2.52. The predicted octanol–water partition coefficient (Wildman–Crippen LogP) is 2.26. The first-order chi connectivity index (χ1) is 7.79. The molecule has 0 atom stereocenters. The Hall–Kier alpha value is -0.120. The van der Waals surface area contributed by atoms with Gasteiger partial charge >= 0.3 is 0 Å². The highest BCUT2D eigenvalue weighted by Gasteiger charge is 2.42. The standard InChI is InChI=1S/C14H30N2O/c1-13(2)10-12(15-8-7-9-17-6)11-14(3,4)16(13)5/h12,15H,7-11H2,1-6H3. The topological polar surface area (TPSA) is 24.5 Å². The maximum absolute atomic E-state index is 5.08. The molecule has 102 valence electrons. The molecule has 1 saturated heterocycles. The number of hydrogen-bond acceptors (Lipinski definition) is 3. The van der Waals surface area contributed by atoms with Crippen LogP contribution in [-0.4, -0.2) is 49.3 Å². The highest BCUT2D eigenvalue weighted by molar-refractivity contribution is 5.00. The van der Waals surface area contributed by atoms with Crippen LogP contribution in [0.1, 0.15) is 47.0 Å². The van der Waals surface area contributed by atoms with E-state index in [1.807, 2.05) is 0 Å². The van der Waals surface area contributed by atoms with Crippen LogP contribution in [0.15, 0.2) is 0 Å². The van der Waals surface area contributed by atoms with Gasteiger partial charge in [0, 0.05) is 30.8 Å². The lowest BCUT2D eigenvalue weighted by atomic mass is 9.77. The van der Waals surface area contributed by atoms with Gasteiger partial charge in [0.05, 0.1) is 0 Å². The van der Waals surface area contributed by atoms with E-state index in [4.69, 9.17) is 4.74 Å². The van der Waals surface area contributed by atoms with Gasteiger partial charge in [-0.05, 0) is 60.5 Å². The third-order valence-electron chi connectivity index (χ3n) is 4.27. The normalized spacial score (nSPS) is 25.1. The molecule has 3 heteroatoms. The third kappa shape index (κ3) is 3.94. The molecular weight excluding hydrogens is 212 g/mol. The fourth-order valence-electron chi connectivity index (χ4n) is 3.04. The first kappa shape index (κ1) is 14.9. The Kier molecular flexibility index (Phi) is 4.99. The van der Waals surface area contributed by atoms with Gasteiger partial charge < -0.3 is 10.1 Å². The van der Waals surface area contributed by atoms with Crippen molar-refractivity contribution in [3.63, 3.8) is 0 Å². The summed E-state index contributed by atoms with van der Waals surface area (Å²) in [6, 6.07) is 0.632. The van der Waals surface area contributed by atoms with E-state index in [2.05, 4.69) is 45.0 Å². The Bertz CT molecular complexity index is 220. The molecule has 1 N–H and O–H groups in total. The highest BCUT2D eigenvalue weighted by Crippen LogP contribution is 2.36. The number of nitrogens with zero attached hydrogens (tertiary/aromatic N) is 1. The van der Waals surface area contributed by atoms with Crippen molar-refractivity contribution in [2.24, 2.45) is 0 Å². The molecule has 0 aromatic rings. The maximum Gasteiger partial charge on any atom is 0.0474 e. The number of rotatable bonds is 5. The Morgan fingerprint density at radius 3 is 2.18 bits per heavy atom. The van der Waals surface area contributed by atoms with Crippen LogP contribution < -0.4 is 5.32 Å². The van der Waals surface area contributed by atoms with Crippen LogP contribution in [0.3, 0.4) is 0 Å². The minimum atomic E-state index is 0.278. The second-order valence-corrected chi connectivity index (χ2v) is 6.59. The van der Waals surface area contributed by atoms with E-state index in [1.165, 1.54) is 12.8 Å². The van der Waals surface area contributed by atoms with Gasteiger partial charge in [0.25, 0.3) is 0 Å². The van der Waals surface area contributed by atoms with Crippen molar-refractivity contribution in [1.82, 2.24) is 10.2 Å². The molecule has 0 radical (unpaired) electrons. The number of piperidine rings is 1. The molecule has 0 aliphatic carbocycles. The summed E-state index contributed by atoms with van der Waals surface area (Å²) in [7, 11) is 4.02. The molecule has 0 bridgehead atoms. The number of ether oxygens (including phenoxy) is 1. The van der Waals surface area contributed by atoms with Gasteiger partial charge in [0.1, 0.15) is 0 Å². The quantitative estimate of drug-likeness (QED) is 0.749. The van der Waals surface area contributed by atoms with Crippen molar-refractivity contribution in [2.45, 2.75) is 64.1 Å². The average molecular weight is 242 g/mol. The van der Waals surface area contributed by atoms with Crippen LogP contribution in [0.5, 0.6) is 0 Å². The van der Waals surface area contributed by atoms with Crippen molar-refractivity contribution in [2.75, 3.05) is 27.3 Å². The zero-order valence-electron chi connectivity index (χ0n) is 12.5. The van der Waals surface area contributed by atoms with Crippen molar-refractivity contribution in [3.8, 4) is 0 Å². The largest absolute Gasteiger partial charge is 0.385 e. The summed E-state index contributed by atoms with van der Waals surface area (Å²) in [6.07, 6.45) is 3.55. The fourth-order valence-corrected chi connectivity index (χ4v) is 3.04. The Labute approximate surface area is 107 Å². The molecule has 1 rings (SSSR count). The van der Waals surface area contributed by atoms with Gasteiger partial charge in [0.15, 0.2) is 0 Å². The lowest BCUT2D eigenvalue weighted by Crippen LogP contribution is -2.62. The van der Waals surface area contributed by atoms with Gasteiger partial charge in [-0.15, -0.1) is 0 Å². The van der Waals surface area contributed by atoms with Gasteiger partial charge in [0.2, 0.25) is 0 Å². The van der Waals surface area contributed by atoms with Crippen LogP contribution in [0.4, 0.5) is 0 Å². The van der Waals surface area contributed by atoms with Gasteiger partial charge in [-0.1, -0.05) is 0 Å². The zero-order valence-corrected chi connectivity index (χ0v) is 12.5. The van der Waals surface area contributed by atoms with Gasteiger partial charge in [-0.25, -0.2) is 0 Å². The summed E-state index contributed by atoms with van der Waals surface area (Å²) in [5.41, 5.74) is 0.557. The first-order valence-electron chi connectivity index (χ1n) is 6.76. The van der Waals surface area contributed by atoms with E-state index in [0.717, 1.165) is 19.6 Å². The smallest absolute Gasteiger partial charge is 0.0474 e. The predicted molar refractivity (Wildman–Crippen MR) is 73.4 cm³/mol. The highest BCUT2D eigenvalue weighted by atomic mass is 16.5. The van der Waals surface area contributed by atoms with E-state index >= 15 is 0 Å². The molecule has 0 unspecified atom stereocenters. The molecule has 1 heterocycles. The maximum atomic E-state index is 5.08. The fraction of sp³-hybridized carbons (Fsp3) is 1.00. The summed E-state index contributed by atoms with van der Waals surface area (Å²) in [6.45, 7) is 11.3. The molecule has 17 heavy (non-hydrogen) atoms. The van der Waals surface area contributed by atoms with E-state index in [1.54, 1.807) is 7.11 Å². The second kappa shape index (κ2) is 5.68. The van der Waals surface area contributed by atoms with E-state index < -0.39 is 0 Å². The molecule has 1 fully saturated rings. The molecule has 0 aromatic heterocycles. The summed E-state index contributed by atoms with van der Waals surface area (Å²) in [5, 5.41) is 3.68. The molecule has 0 saturated carbocycles. The summed E-state index contributed by atoms with van der Waals surface area (Å²) in [5.74, 6) is 0. The van der Waals surface area contributed by atoms with Crippen LogP contribution in [0.25, 0.3) is 0 Å². The number of likely N-dealkylation sites (tertiary alicyclic amines) is 1. The molecule has 1 aliphatic rings. The minimum absolute atomic E-state index is 0.278. The van der Waals surface area contributed by atoms with E-state index in [0.29, 0.717) is 6.04 Å². The van der Waals surface area contributed by atoms with E-state index in [9.17, 15) is 0 Å². The van der Waals surface area contributed by atoms with Crippen molar-refractivity contribution in [1.29, 1.82) is 0 Å². The van der Waals surface area contributed by atoms with Crippen LogP contribution in [0, 0.1) is 0 Å². The van der Waals surface area contributed by atoms with Gasteiger partial charge in [-0.2, -0.15) is 0 Å². The zero-order chi connectivity index (χ0) is 13.1. The molecule has 3 nitrogen and oxygen atoms in total. The average Bonchev–Trinajstić information content (AvgIpc) is 2.20. The minimum Gasteiger partial charge on any atom is -0.385 e. The lowest BCUT2D eigenvalue weighted by molar-refractivity contribution is -0.0182. The lowest BCUT2D eigenvalue weighted by Gasteiger charge is -2.53. The summed E-state index contributed by atoms with van der Waals surface area (Å²) < 4.78 is 5.08. The Balaban J connectivity index is 2.48. The SMILES string of the molecule is COCCCNC1CC(C)(C)N(C)C(C)(C)C1. The summed E-state index contributed by atoms with van der Waals surface area (Å²) >= 11 is 0. The molecule has 1 aliphatic heterocycles. The molecule has 0 spiro atoms. The third-order valence-corrected chi connectivity index (χ3v) is 4.27. The van der Waals surface area contributed by atoms with Crippen molar-refractivity contribution >= 4 is 0 Å². The first-order valence-corrected chi connectivity index (χ1v) is 6.76. The number of nitrogens with one attached hydrogen (secondary N) is 1. The monoisotopic (exact) mass is 242 g/mol. The number of methoxy groups -OCH3 is 1. The second-order valence-electron chi connectivity index (χ2n) is 6.59. The van der Waals surface area contributed by atoms with E-state index in [-0.39, 0.29) is 11.1 Å². The Morgan fingerprint density at radius 2 is 1.71 bits per heavy atom. The molecule has 0 aromatic carbocycles. The molecule has 0 amide bonds. The van der Waals surface area contributed by atoms with Crippen LogP contribution in [0.2, 0.25) is 0 Å². The van der Waals surface area contributed by atoms with Crippen LogP contribution >= 0.6 is 0 Å².